The maximum atomic E-state index is 13.3. The molecule has 2 heterocycles. The molecule has 35 heavy (non-hydrogen) atoms. The minimum atomic E-state index is -0.796. The van der Waals surface area contributed by atoms with Crippen LogP contribution in [-0.4, -0.2) is 47.0 Å². The van der Waals surface area contributed by atoms with Crippen LogP contribution in [0.25, 0.3) is 0 Å². The van der Waals surface area contributed by atoms with Crippen LogP contribution < -0.4 is 10.6 Å². The van der Waals surface area contributed by atoms with Crippen LogP contribution in [0.1, 0.15) is 61.8 Å². The van der Waals surface area contributed by atoms with Crippen LogP contribution in [0.4, 0.5) is 4.79 Å². The summed E-state index contributed by atoms with van der Waals surface area (Å²) in [5, 5.41) is 14.5. The van der Waals surface area contributed by atoms with Crippen LogP contribution in [0.5, 0.6) is 0 Å². The number of thiophene rings is 1. The lowest BCUT2D eigenvalue weighted by Gasteiger charge is -2.39. The molecule has 2 aromatic rings. The van der Waals surface area contributed by atoms with E-state index in [1.807, 2.05) is 30.3 Å². The van der Waals surface area contributed by atoms with Crippen molar-refractivity contribution in [1.82, 2.24) is 15.5 Å². The fourth-order valence-corrected chi connectivity index (χ4v) is 4.76. The number of likely N-dealkylation sites (tertiary alicyclic amines) is 1. The van der Waals surface area contributed by atoms with Gasteiger partial charge in [-0.25, -0.2) is 4.79 Å². The second-order valence-corrected chi connectivity index (χ2v) is 10.8. The van der Waals surface area contributed by atoms with E-state index >= 15 is 0 Å². The number of rotatable bonds is 6. The SMILES string of the molecule is C[C@H](NC(=O)[C@H]1C[C@@H](c2ccccc2)CCN1C(=O)OC(C)(C)C)C(=O)NCc1ccc(C#N)s1. The fraction of sp³-hybridized carbons (Fsp3) is 0.462. The molecule has 1 aliphatic heterocycles. The summed E-state index contributed by atoms with van der Waals surface area (Å²) in [6.07, 6.45) is 0.622. The normalized spacial score (nSPS) is 18.8. The molecule has 1 aromatic heterocycles. The number of benzene rings is 1. The van der Waals surface area contributed by atoms with Crippen LogP contribution in [0.3, 0.4) is 0 Å². The monoisotopic (exact) mass is 496 g/mol. The summed E-state index contributed by atoms with van der Waals surface area (Å²) in [6, 6.07) is 13.9. The number of amides is 3. The van der Waals surface area contributed by atoms with Crippen LogP contribution >= 0.6 is 11.3 Å². The third-order valence-corrected chi connectivity index (χ3v) is 6.75. The molecule has 3 amide bonds. The van der Waals surface area contributed by atoms with Crippen molar-refractivity contribution in [2.75, 3.05) is 6.54 Å². The van der Waals surface area contributed by atoms with E-state index in [4.69, 9.17) is 10.00 Å². The number of ether oxygens (including phenoxy) is 1. The van der Waals surface area contributed by atoms with Crippen molar-refractivity contribution < 1.29 is 19.1 Å². The predicted molar refractivity (Wildman–Crippen MR) is 134 cm³/mol. The van der Waals surface area contributed by atoms with Crippen molar-refractivity contribution in [2.45, 2.75) is 70.7 Å². The van der Waals surface area contributed by atoms with Crippen LogP contribution in [0.15, 0.2) is 42.5 Å². The van der Waals surface area contributed by atoms with Crippen LogP contribution in [-0.2, 0) is 20.9 Å². The van der Waals surface area contributed by atoms with Gasteiger partial charge in [-0.1, -0.05) is 30.3 Å². The molecule has 9 heteroatoms. The summed E-state index contributed by atoms with van der Waals surface area (Å²) < 4.78 is 5.56. The minimum absolute atomic E-state index is 0.114. The molecule has 0 bridgehead atoms. The number of hydrogen-bond donors (Lipinski definition) is 2. The van der Waals surface area contributed by atoms with Gasteiger partial charge in [0.2, 0.25) is 11.8 Å². The number of nitrogens with one attached hydrogen (secondary N) is 2. The summed E-state index contributed by atoms with van der Waals surface area (Å²) in [6.45, 7) is 7.63. The van der Waals surface area contributed by atoms with E-state index in [9.17, 15) is 14.4 Å². The van der Waals surface area contributed by atoms with Crippen molar-refractivity contribution in [3.8, 4) is 6.07 Å². The zero-order valence-electron chi connectivity index (χ0n) is 20.5. The summed E-state index contributed by atoms with van der Waals surface area (Å²) in [5.74, 6) is -0.616. The van der Waals surface area contributed by atoms with Gasteiger partial charge in [0, 0.05) is 11.4 Å². The summed E-state index contributed by atoms with van der Waals surface area (Å²) >= 11 is 1.31. The zero-order valence-corrected chi connectivity index (χ0v) is 21.4. The molecule has 186 valence electrons. The highest BCUT2D eigenvalue weighted by molar-refractivity contribution is 7.12. The molecule has 1 aromatic carbocycles. The van der Waals surface area contributed by atoms with E-state index in [0.29, 0.717) is 24.3 Å². The highest BCUT2D eigenvalue weighted by Gasteiger charge is 2.39. The summed E-state index contributed by atoms with van der Waals surface area (Å²) in [5.41, 5.74) is 0.432. The van der Waals surface area contributed by atoms with Gasteiger partial charge in [-0.3, -0.25) is 14.5 Å². The van der Waals surface area contributed by atoms with E-state index in [2.05, 4.69) is 16.7 Å². The molecular formula is C26H32N4O4S. The molecule has 0 spiro atoms. The Morgan fingerprint density at radius 2 is 1.91 bits per heavy atom. The molecule has 0 radical (unpaired) electrons. The quantitative estimate of drug-likeness (QED) is 0.630. The van der Waals surface area contributed by atoms with E-state index in [1.54, 1.807) is 39.8 Å². The maximum absolute atomic E-state index is 13.3. The lowest BCUT2D eigenvalue weighted by Crippen LogP contribution is -2.57. The standard InChI is InChI=1S/C26H32N4O4S/c1-17(23(31)28-16-21-11-10-20(15-27)35-21)29-24(32)22-14-19(18-8-6-5-7-9-18)12-13-30(22)25(33)34-26(2,3)4/h5-11,17,19,22H,12-14,16H2,1-4H3,(H,28,31)(H,29,32)/t17-,19-,22+/m0/s1. The fourth-order valence-electron chi connectivity index (χ4n) is 4.02. The van der Waals surface area contributed by atoms with Gasteiger partial charge in [-0.05, 0) is 64.2 Å². The first-order chi connectivity index (χ1) is 16.6. The second kappa shape index (κ2) is 11.4. The zero-order chi connectivity index (χ0) is 25.6. The predicted octanol–water partition coefficient (Wildman–Crippen LogP) is 3.92. The summed E-state index contributed by atoms with van der Waals surface area (Å²) in [4.78, 5) is 41.7. The van der Waals surface area contributed by atoms with Gasteiger partial charge in [0.1, 0.15) is 28.6 Å². The van der Waals surface area contributed by atoms with Gasteiger partial charge in [0.15, 0.2) is 0 Å². The molecule has 3 rings (SSSR count). The molecule has 8 nitrogen and oxygen atoms in total. The Balaban J connectivity index is 1.67. The van der Waals surface area contributed by atoms with E-state index in [0.717, 1.165) is 10.4 Å². The number of nitriles is 1. The first kappa shape index (κ1) is 26.2. The maximum Gasteiger partial charge on any atom is 0.410 e. The number of nitrogens with zero attached hydrogens (tertiary/aromatic N) is 2. The van der Waals surface area contributed by atoms with Crippen molar-refractivity contribution in [1.29, 1.82) is 5.26 Å². The number of carbonyl (C=O) groups is 3. The Labute approximate surface area is 210 Å². The Kier molecular flexibility index (Phi) is 8.52. The average Bonchev–Trinajstić information content (AvgIpc) is 3.29. The lowest BCUT2D eigenvalue weighted by molar-refractivity contribution is -0.132. The van der Waals surface area contributed by atoms with E-state index in [-0.39, 0.29) is 24.3 Å². The average molecular weight is 497 g/mol. The molecule has 0 unspecified atom stereocenters. The van der Waals surface area contributed by atoms with Crippen molar-refractivity contribution >= 4 is 29.2 Å². The smallest absolute Gasteiger partial charge is 0.410 e. The molecule has 1 fully saturated rings. The first-order valence-electron chi connectivity index (χ1n) is 11.7. The molecule has 0 saturated carbocycles. The number of piperidine rings is 1. The Morgan fingerprint density at radius 3 is 2.54 bits per heavy atom. The Morgan fingerprint density at radius 1 is 1.20 bits per heavy atom. The van der Waals surface area contributed by atoms with Gasteiger partial charge < -0.3 is 15.4 Å². The van der Waals surface area contributed by atoms with Crippen molar-refractivity contribution in [3.05, 3.63) is 57.8 Å². The molecule has 0 aliphatic carbocycles. The molecule has 1 saturated heterocycles. The van der Waals surface area contributed by atoms with E-state index in [1.165, 1.54) is 16.2 Å². The topological polar surface area (TPSA) is 112 Å². The lowest BCUT2D eigenvalue weighted by atomic mass is 9.85. The van der Waals surface area contributed by atoms with Crippen LogP contribution in [0, 0.1) is 11.3 Å². The van der Waals surface area contributed by atoms with Crippen molar-refractivity contribution in [3.63, 3.8) is 0 Å². The van der Waals surface area contributed by atoms with Gasteiger partial charge >= 0.3 is 6.09 Å². The van der Waals surface area contributed by atoms with Crippen molar-refractivity contribution in [2.24, 2.45) is 0 Å². The Hall–Kier alpha value is -3.38. The highest BCUT2D eigenvalue weighted by Crippen LogP contribution is 2.32. The van der Waals surface area contributed by atoms with Gasteiger partial charge in [0.25, 0.3) is 0 Å². The van der Waals surface area contributed by atoms with Crippen LogP contribution in [0.2, 0.25) is 0 Å². The molecule has 3 atom stereocenters. The molecule has 2 N–H and O–H groups in total. The third-order valence-electron chi connectivity index (χ3n) is 5.76. The Bertz CT molecular complexity index is 1090. The number of carbonyl (C=O) groups excluding carboxylic acids is 3. The summed E-state index contributed by atoms with van der Waals surface area (Å²) in [7, 11) is 0. The minimum Gasteiger partial charge on any atom is -0.444 e. The van der Waals surface area contributed by atoms with E-state index < -0.39 is 23.8 Å². The second-order valence-electron chi connectivity index (χ2n) is 9.65. The third kappa shape index (κ3) is 7.30. The highest BCUT2D eigenvalue weighted by atomic mass is 32.1. The van der Waals surface area contributed by atoms with Gasteiger partial charge in [0.05, 0.1) is 6.54 Å². The van der Waals surface area contributed by atoms with Gasteiger partial charge in [-0.15, -0.1) is 11.3 Å². The molecule has 1 aliphatic rings. The van der Waals surface area contributed by atoms with Gasteiger partial charge in [-0.2, -0.15) is 5.26 Å². The first-order valence-corrected chi connectivity index (χ1v) is 12.5. The molecular weight excluding hydrogens is 464 g/mol. The number of hydrogen-bond acceptors (Lipinski definition) is 6. The largest absolute Gasteiger partial charge is 0.444 e.